The summed E-state index contributed by atoms with van der Waals surface area (Å²) >= 11 is 0. The van der Waals surface area contributed by atoms with Crippen LogP contribution in [0.15, 0.2) is 36.4 Å². The van der Waals surface area contributed by atoms with Gasteiger partial charge in [-0.25, -0.2) is 0 Å². The van der Waals surface area contributed by atoms with Crippen molar-refractivity contribution in [3.63, 3.8) is 0 Å². The van der Waals surface area contributed by atoms with E-state index in [-0.39, 0.29) is 23.3 Å². The lowest BCUT2D eigenvalue weighted by atomic mass is 9.92. The second kappa shape index (κ2) is 5.16. The van der Waals surface area contributed by atoms with Crippen molar-refractivity contribution in [3.8, 4) is 11.5 Å². The van der Waals surface area contributed by atoms with Crippen LogP contribution >= 0.6 is 9.24 Å². The molecule has 0 saturated heterocycles. The van der Waals surface area contributed by atoms with E-state index in [0.717, 1.165) is 16.7 Å². The van der Waals surface area contributed by atoms with Crippen molar-refractivity contribution in [1.29, 1.82) is 0 Å². The number of phenols is 1. The molecule has 3 unspecified atom stereocenters. The molecule has 1 aliphatic rings. The summed E-state index contributed by atoms with van der Waals surface area (Å²) in [6.45, 7) is 3.75. The Bertz CT molecular complexity index is 724. The van der Waals surface area contributed by atoms with Gasteiger partial charge in [-0.15, -0.1) is 9.24 Å². The summed E-state index contributed by atoms with van der Waals surface area (Å²) in [4.78, 5) is 12.6. The zero-order chi connectivity index (χ0) is 15.1. The molecule has 0 bridgehead atoms. The molecule has 3 nitrogen and oxygen atoms in total. The minimum atomic E-state index is -0.351. The maximum atomic E-state index is 12.6. The summed E-state index contributed by atoms with van der Waals surface area (Å²) in [5, 5.41) is 9.64. The number of rotatable bonds is 1. The molecule has 3 atom stereocenters. The molecule has 1 N–H and O–H groups in total. The molecule has 21 heavy (non-hydrogen) atoms. The van der Waals surface area contributed by atoms with E-state index in [2.05, 4.69) is 9.24 Å². The second-order valence-corrected chi connectivity index (χ2v) is 6.14. The van der Waals surface area contributed by atoms with Gasteiger partial charge >= 0.3 is 0 Å². The molecule has 0 radical (unpaired) electrons. The van der Waals surface area contributed by atoms with E-state index >= 15 is 0 Å². The van der Waals surface area contributed by atoms with Crippen molar-refractivity contribution in [2.75, 3.05) is 0 Å². The van der Waals surface area contributed by atoms with E-state index in [1.54, 1.807) is 12.1 Å². The van der Waals surface area contributed by atoms with Crippen LogP contribution in [0.25, 0.3) is 0 Å². The third-order valence-electron chi connectivity index (χ3n) is 3.91. The maximum Gasteiger partial charge on any atom is 0.177 e. The Balaban J connectivity index is 2.06. The van der Waals surface area contributed by atoms with Gasteiger partial charge in [0.25, 0.3) is 0 Å². The van der Waals surface area contributed by atoms with E-state index in [9.17, 15) is 9.90 Å². The highest BCUT2D eigenvalue weighted by Gasteiger charge is 2.36. The molecule has 3 rings (SSSR count). The first-order chi connectivity index (χ1) is 9.99. The monoisotopic (exact) mass is 300 g/mol. The zero-order valence-electron chi connectivity index (χ0n) is 12.0. The average Bonchev–Trinajstić information content (AvgIpc) is 2.46. The lowest BCUT2D eigenvalue weighted by Crippen LogP contribution is -2.32. The molecule has 0 spiro atoms. The van der Waals surface area contributed by atoms with E-state index < -0.39 is 0 Å². The molecule has 108 valence electrons. The average molecular weight is 300 g/mol. The van der Waals surface area contributed by atoms with Crippen LogP contribution in [0.2, 0.25) is 0 Å². The first-order valence-electron chi connectivity index (χ1n) is 6.84. The molecule has 0 amide bonds. The smallest absolute Gasteiger partial charge is 0.177 e. The van der Waals surface area contributed by atoms with Gasteiger partial charge < -0.3 is 9.84 Å². The van der Waals surface area contributed by atoms with Gasteiger partial charge in [0.1, 0.15) is 17.6 Å². The Morgan fingerprint density at radius 2 is 1.90 bits per heavy atom. The molecule has 0 aromatic heterocycles. The number of carbonyl (C=O) groups excluding carboxylic acids is 1. The summed E-state index contributed by atoms with van der Waals surface area (Å²) in [5.74, 6) is 0.960. The van der Waals surface area contributed by atoms with E-state index in [1.807, 2.05) is 38.1 Å². The van der Waals surface area contributed by atoms with Crippen LogP contribution < -0.4 is 4.74 Å². The Morgan fingerprint density at radius 3 is 2.62 bits per heavy atom. The van der Waals surface area contributed by atoms with E-state index in [0.29, 0.717) is 11.3 Å². The fraction of sp³-hybridized carbons (Fsp3) is 0.235. The van der Waals surface area contributed by atoms with E-state index in [1.165, 1.54) is 0 Å². The molecule has 0 saturated carbocycles. The van der Waals surface area contributed by atoms with Crippen LogP contribution in [0.1, 0.15) is 33.2 Å². The Kier molecular flexibility index (Phi) is 3.46. The number of hydrogen-bond acceptors (Lipinski definition) is 3. The number of Topliss-reactive ketones (excluding diaryl/α,β-unsaturated/α-hetero) is 1. The second-order valence-electron chi connectivity index (χ2n) is 5.42. The van der Waals surface area contributed by atoms with Crippen molar-refractivity contribution in [2.45, 2.75) is 25.6 Å². The minimum absolute atomic E-state index is 0.0788. The van der Waals surface area contributed by atoms with Crippen LogP contribution in [-0.4, -0.2) is 16.5 Å². The molecule has 0 aliphatic carbocycles. The van der Waals surface area contributed by atoms with Crippen molar-refractivity contribution in [2.24, 2.45) is 0 Å². The molecule has 2 aromatic rings. The molecular weight excluding hydrogens is 283 g/mol. The SMILES string of the molecule is Cc1cc(C2Oc3cccc(C)c3C(=O)C2P)ccc1O. The highest BCUT2D eigenvalue weighted by Crippen LogP contribution is 2.40. The molecule has 2 aromatic carbocycles. The Hall–Kier alpha value is -1.86. The van der Waals surface area contributed by atoms with Gasteiger partial charge in [-0.2, -0.15) is 0 Å². The number of benzene rings is 2. The molecule has 1 aliphatic heterocycles. The third kappa shape index (κ3) is 2.32. The number of aryl methyl sites for hydroxylation is 2. The zero-order valence-corrected chi connectivity index (χ0v) is 13.1. The summed E-state index contributed by atoms with van der Waals surface area (Å²) in [5.41, 5.74) is 2.94. The van der Waals surface area contributed by atoms with Crippen molar-refractivity contribution in [3.05, 3.63) is 58.7 Å². The summed E-state index contributed by atoms with van der Waals surface area (Å²) in [6.07, 6.45) is -0.351. The predicted molar refractivity (Wildman–Crippen MR) is 85.2 cm³/mol. The normalized spacial score (nSPS) is 20.8. The topological polar surface area (TPSA) is 46.5 Å². The fourth-order valence-electron chi connectivity index (χ4n) is 2.70. The van der Waals surface area contributed by atoms with Crippen molar-refractivity contribution in [1.82, 2.24) is 0 Å². The van der Waals surface area contributed by atoms with Gasteiger partial charge in [-0.1, -0.05) is 18.2 Å². The third-order valence-corrected chi connectivity index (χ3v) is 4.57. The van der Waals surface area contributed by atoms with Crippen molar-refractivity contribution < 1.29 is 14.6 Å². The van der Waals surface area contributed by atoms with Gasteiger partial charge in [0, 0.05) is 0 Å². The highest BCUT2D eigenvalue weighted by atomic mass is 31.0. The lowest BCUT2D eigenvalue weighted by molar-refractivity contribution is 0.0865. The van der Waals surface area contributed by atoms with Crippen LogP contribution in [0, 0.1) is 13.8 Å². The van der Waals surface area contributed by atoms with Crippen LogP contribution in [-0.2, 0) is 0 Å². The summed E-state index contributed by atoms with van der Waals surface area (Å²) < 4.78 is 6.05. The largest absolute Gasteiger partial charge is 0.508 e. The molecule has 4 heteroatoms. The quantitative estimate of drug-likeness (QED) is 0.819. The number of ketones is 1. The maximum absolute atomic E-state index is 12.6. The number of carbonyl (C=O) groups is 1. The van der Waals surface area contributed by atoms with E-state index in [4.69, 9.17) is 4.74 Å². The van der Waals surface area contributed by atoms with Gasteiger partial charge in [-0.3, -0.25) is 4.79 Å². The van der Waals surface area contributed by atoms with Gasteiger partial charge in [-0.05, 0) is 48.7 Å². The highest BCUT2D eigenvalue weighted by molar-refractivity contribution is 7.19. The summed E-state index contributed by atoms with van der Waals surface area (Å²) in [6, 6.07) is 11.0. The number of phenolic OH excluding ortho intramolecular Hbond substituents is 1. The van der Waals surface area contributed by atoms with Gasteiger partial charge in [0.2, 0.25) is 0 Å². The summed E-state index contributed by atoms with van der Waals surface area (Å²) in [7, 11) is 2.59. The molecule has 1 heterocycles. The van der Waals surface area contributed by atoms with Crippen molar-refractivity contribution >= 4 is 15.0 Å². The molecular formula is C17H17O3P. The Labute approximate surface area is 126 Å². The van der Waals surface area contributed by atoms with Gasteiger partial charge in [0.15, 0.2) is 5.78 Å². The van der Waals surface area contributed by atoms with Crippen LogP contribution in [0.4, 0.5) is 0 Å². The minimum Gasteiger partial charge on any atom is -0.508 e. The van der Waals surface area contributed by atoms with Crippen LogP contribution in [0.3, 0.4) is 0 Å². The number of fused-ring (bicyclic) bond motifs is 1. The lowest BCUT2D eigenvalue weighted by Gasteiger charge is -2.31. The number of hydrogen-bond donors (Lipinski definition) is 1. The molecule has 0 fully saturated rings. The standard InChI is InChI=1S/C17H17O3P/c1-9-4-3-5-13-14(9)15(19)17(21)16(20-13)11-6-7-12(18)10(2)8-11/h3-8,16-18H,21H2,1-2H3. The number of aromatic hydroxyl groups is 1. The number of ether oxygens (including phenoxy) is 1. The fourth-order valence-corrected chi connectivity index (χ4v) is 3.17. The first kappa shape index (κ1) is 14.1. The van der Waals surface area contributed by atoms with Gasteiger partial charge in [0.05, 0.1) is 11.2 Å². The first-order valence-corrected chi connectivity index (χ1v) is 7.51. The Morgan fingerprint density at radius 1 is 1.14 bits per heavy atom. The van der Waals surface area contributed by atoms with Crippen LogP contribution in [0.5, 0.6) is 11.5 Å². The predicted octanol–water partition coefficient (Wildman–Crippen LogP) is 3.57.